The molecule has 0 bridgehead atoms. The third-order valence-electron chi connectivity index (χ3n) is 6.89. The molecule has 0 atom stereocenters. The molecule has 0 aliphatic heterocycles. The largest absolute Gasteiger partial charge is 0.453 e. The zero-order valence-corrected chi connectivity index (χ0v) is 20.1. The number of nitrogens with zero attached hydrogens (tertiary/aromatic N) is 2. The number of hydrogen-bond donors (Lipinski definition) is 1. The van der Waals surface area contributed by atoms with Gasteiger partial charge in [0.05, 0.1) is 16.5 Å². The summed E-state index contributed by atoms with van der Waals surface area (Å²) in [4.78, 5) is 18.3. The number of imidazole rings is 1. The standard InChI is InChI=1S/C27H22ClN3O2.ClH/c1-31-20-13-12-19-23(32)21(16-8-10-18(11-9-16)27(29)14-5-15-27)24(17-6-3-2-4-7-17)33-25(19)22(20)30-26(31)28;/h2-4,6-13H,5,14-15,29H2,1H3;1H. The van der Waals surface area contributed by atoms with Gasteiger partial charge in [0.2, 0.25) is 10.7 Å². The van der Waals surface area contributed by atoms with Gasteiger partial charge in [-0.1, -0.05) is 54.6 Å². The van der Waals surface area contributed by atoms with Crippen LogP contribution in [0.25, 0.3) is 44.5 Å². The van der Waals surface area contributed by atoms with E-state index in [2.05, 4.69) is 4.98 Å². The molecule has 2 N–H and O–H groups in total. The topological polar surface area (TPSA) is 74.1 Å². The van der Waals surface area contributed by atoms with Crippen molar-refractivity contribution in [3.05, 3.63) is 87.8 Å². The Balaban J connectivity index is 0.00000241. The van der Waals surface area contributed by atoms with E-state index in [1.165, 1.54) is 0 Å². The van der Waals surface area contributed by atoms with E-state index in [1.807, 2.05) is 67.7 Å². The molecule has 7 heteroatoms. The summed E-state index contributed by atoms with van der Waals surface area (Å²) in [7, 11) is 1.84. The Kier molecular flexibility index (Phi) is 5.52. The molecule has 172 valence electrons. The predicted octanol–water partition coefficient (Wildman–Crippen LogP) is 6.43. The fourth-order valence-corrected chi connectivity index (χ4v) is 4.92. The molecule has 1 aliphatic rings. The minimum atomic E-state index is -0.251. The second-order valence-electron chi connectivity index (χ2n) is 8.84. The average molecular weight is 492 g/mol. The second-order valence-corrected chi connectivity index (χ2v) is 9.18. The van der Waals surface area contributed by atoms with Crippen molar-refractivity contribution in [3.8, 4) is 22.5 Å². The summed E-state index contributed by atoms with van der Waals surface area (Å²) in [6.07, 6.45) is 3.13. The van der Waals surface area contributed by atoms with Crippen molar-refractivity contribution >= 4 is 46.0 Å². The Morgan fingerprint density at radius 2 is 1.71 bits per heavy atom. The molecule has 3 aromatic carbocycles. The number of benzene rings is 3. The monoisotopic (exact) mass is 491 g/mol. The van der Waals surface area contributed by atoms with Gasteiger partial charge in [-0.25, -0.2) is 4.98 Å². The molecule has 0 spiro atoms. The highest BCUT2D eigenvalue weighted by atomic mass is 35.5. The van der Waals surface area contributed by atoms with Crippen LogP contribution in [0.3, 0.4) is 0 Å². The van der Waals surface area contributed by atoms with Crippen LogP contribution in [0.1, 0.15) is 24.8 Å². The van der Waals surface area contributed by atoms with E-state index < -0.39 is 0 Å². The molecule has 2 aromatic heterocycles. The van der Waals surface area contributed by atoms with Crippen molar-refractivity contribution in [1.29, 1.82) is 0 Å². The molecule has 1 fully saturated rings. The smallest absolute Gasteiger partial charge is 0.203 e. The van der Waals surface area contributed by atoms with E-state index in [-0.39, 0.29) is 23.4 Å². The van der Waals surface area contributed by atoms with Crippen LogP contribution in [-0.4, -0.2) is 9.55 Å². The fraction of sp³-hybridized carbons (Fsp3) is 0.185. The molecule has 5 nitrogen and oxygen atoms in total. The van der Waals surface area contributed by atoms with Crippen LogP contribution in [0.15, 0.2) is 75.9 Å². The van der Waals surface area contributed by atoms with E-state index >= 15 is 0 Å². The van der Waals surface area contributed by atoms with E-state index in [9.17, 15) is 4.79 Å². The maximum Gasteiger partial charge on any atom is 0.203 e. The molecule has 5 aromatic rings. The minimum absolute atomic E-state index is 0. The summed E-state index contributed by atoms with van der Waals surface area (Å²) in [6, 6.07) is 21.4. The van der Waals surface area contributed by atoms with Gasteiger partial charge in [-0.05, 0) is 54.1 Å². The van der Waals surface area contributed by atoms with Crippen molar-refractivity contribution < 1.29 is 4.42 Å². The first-order chi connectivity index (χ1) is 16.0. The Morgan fingerprint density at radius 1 is 1.00 bits per heavy atom. The van der Waals surface area contributed by atoms with Gasteiger partial charge in [0, 0.05) is 18.2 Å². The Morgan fingerprint density at radius 3 is 2.35 bits per heavy atom. The lowest BCUT2D eigenvalue weighted by Crippen LogP contribution is -2.43. The SMILES string of the molecule is Cl.Cn1c(Cl)nc2c3oc(-c4ccccc4)c(-c4ccc(C5(N)CCC5)cc4)c(=O)c3ccc21. The molecule has 2 heterocycles. The lowest BCUT2D eigenvalue weighted by molar-refractivity contribution is 0.253. The van der Waals surface area contributed by atoms with Gasteiger partial charge < -0.3 is 14.7 Å². The van der Waals surface area contributed by atoms with Crippen LogP contribution < -0.4 is 11.2 Å². The van der Waals surface area contributed by atoms with Crippen LogP contribution in [0.5, 0.6) is 0 Å². The number of aromatic nitrogens is 2. The van der Waals surface area contributed by atoms with Gasteiger partial charge in [0.25, 0.3) is 0 Å². The van der Waals surface area contributed by atoms with Gasteiger partial charge in [0.1, 0.15) is 11.3 Å². The number of hydrogen-bond acceptors (Lipinski definition) is 4. The van der Waals surface area contributed by atoms with Crippen LogP contribution in [-0.2, 0) is 12.6 Å². The molecular weight excluding hydrogens is 469 g/mol. The van der Waals surface area contributed by atoms with Crippen LogP contribution >= 0.6 is 24.0 Å². The van der Waals surface area contributed by atoms with Crippen molar-refractivity contribution in [2.75, 3.05) is 0 Å². The molecule has 0 amide bonds. The molecule has 0 radical (unpaired) electrons. The Hall–Kier alpha value is -3.12. The molecule has 34 heavy (non-hydrogen) atoms. The highest BCUT2D eigenvalue weighted by molar-refractivity contribution is 6.29. The lowest BCUT2D eigenvalue weighted by Gasteiger charge is -2.38. The third-order valence-corrected chi connectivity index (χ3v) is 7.22. The zero-order chi connectivity index (χ0) is 22.7. The van der Waals surface area contributed by atoms with Crippen molar-refractivity contribution in [3.63, 3.8) is 0 Å². The lowest BCUT2D eigenvalue weighted by atomic mass is 9.72. The maximum absolute atomic E-state index is 13.9. The summed E-state index contributed by atoms with van der Waals surface area (Å²) in [5.41, 5.74) is 11.2. The van der Waals surface area contributed by atoms with Gasteiger partial charge in [-0.3, -0.25) is 4.79 Å². The van der Waals surface area contributed by atoms with Gasteiger partial charge in [-0.15, -0.1) is 12.4 Å². The van der Waals surface area contributed by atoms with Crippen molar-refractivity contribution in [2.45, 2.75) is 24.8 Å². The summed E-state index contributed by atoms with van der Waals surface area (Å²) in [6.45, 7) is 0. The number of halogens is 2. The molecule has 0 unspecified atom stereocenters. The van der Waals surface area contributed by atoms with Crippen molar-refractivity contribution in [1.82, 2.24) is 9.55 Å². The van der Waals surface area contributed by atoms with E-state index in [4.69, 9.17) is 21.8 Å². The first-order valence-electron chi connectivity index (χ1n) is 11.0. The summed E-state index contributed by atoms with van der Waals surface area (Å²) < 4.78 is 8.24. The average Bonchev–Trinajstić information content (AvgIpc) is 3.12. The molecule has 0 saturated heterocycles. The van der Waals surface area contributed by atoms with Gasteiger partial charge in [-0.2, -0.15) is 0 Å². The first kappa shape index (κ1) is 22.7. The number of fused-ring (bicyclic) bond motifs is 3. The van der Waals surface area contributed by atoms with Gasteiger partial charge in [0.15, 0.2) is 5.58 Å². The molecule has 1 saturated carbocycles. The minimum Gasteiger partial charge on any atom is -0.453 e. The molecule has 1 aliphatic carbocycles. The highest BCUT2D eigenvalue weighted by Gasteiger charge is 2.34. The maximum atomic E-state index is 13.9. The number of aryl methyl sites for hydroxylation is 1. The summed E-state index contributed by atoms with van der Waals surface area (Å²) in [5, 5.41) is 0.818. The molecule has 6 rings (SSSR count). The predicted molar refractivity (Wildman–Crippen MR) is 140 cm³/mol. The van der Waals surface area contributed by atoms with E-state index in [0.717, 1.165) is 41.5 Å². The summed E-state index contributed by atoms with van der Waals surface area (Å²) in [5.74, 6) is 0.515. The highest BCUT2D eigenvalue weighted by Crippen LogP contribution is 2.40. The molecular formula is C27H23Cl2N3O2. The number of nitrogens with two attached hydrogens (primary N) is 1. The van der Waals surface area contributed by atoms with E-state index in [0.29, 0.717) is 33.1 Å². The first-order valence-corrected chi connectivity index (χ1v) is 11.4. The van der Waals surface area contributed by atoms with E-state index in [1.54, 1.807) is 10.6 Å². The van der Waals surface area contributed by atoms with Crippen molar-refractivity contribution in [2.24, 2.45) is 12.8 Å². The Bertz CT molecular complexity index is 1580. The summed E-state index contributed by atoms with van der Waals surface area (Å²) >= 11 is 6.27. The fourth-order valence-electron chi connectivity index (χ4n) is 4.75. The quantitative estimate of drug-likeness (QED) is 0.315. The van der Waals surface area contributed by atoms with Gasteiger partial charge >= 0.3 is 0 Å². The third kappa shape index (κ3) is 3.35. The zero-order valence-electron chi connectivity index (χ0n) is 18.5. The Labute approximate surface area is 207 Å². The normalized spacial score (nSPS) is 14.7. The number of rotatable bonds is 3. The second kappa shape index (κ2) is 8.27. The van der Waals surface area contributed by atoms with Crippen LogP contribution in [0.4, 0.5) is 0 Å². The van der Waals surface area contributed by atoms with Crippen LogP contribution in [0.2, 0.25) is 5.28 Å². The van der Waals surface area contributed by atoms with Crippen LogP contribution in [0, 0.1) is 0 Å².